The fraction of sp³-hybridized carbons (Fsp3) is 0.643. The van der Waals surface area contributed by atoms with E-state index >= 15 is 0 Å². The van der Waals surface area contributed by atoms with E-state index < -0.39 is 0 Å². The van der Waals surface area contributed by atoms with Gasteiger partial charge in [0, 0.05) is 15.8 Å². The van der Waals surface area contributed by atoms with Crippen LogP contribution in [-0.4, -0.2) is 29.3 Å². The highest BCUT2D eigenvalue weighted by Crippen LogP contribution is 2.28. The molecule has 4 heteroatoms. The molecule has 0 bridgehead atoms. The molecule has 0 aliphatic rings. The molecule has 0 aliphatic carbocycles. The highest BCUT2D eigenvalue weighted by atomic mass is 79.9. The van der Waals surface area contributed by atoms with Crippen molar-refractivity contribution >= 4 is 33.0 Å². The van der Waals surface area contributed by atoms with Crippen molar-refractivity contribution in [1.29, 1.82) is 0 Å². The van der Waals surface area contributed by atoms with Crippen LogP contribution in [0.1, 0.15) is 39.0 Å². The van der Waals surface area contributed by atoms with Crippen molar-refractivity contribution in [3.63, 3.8) is 0 Å². The normalized spacial score (nSPS) is 14.8. The lowest BCUT2D eigenvalue weighted by Crippen LogP contribution is -2.52. The molecule has 0 spiro atoms. The van der Waals surface area contributed by atoms with Gasteiger partial charge in [-0.25, -0.2) is 0 Å². The second kappa shape index (κ2) is 6.83. The van der Waals surface area contributed by atoms with E-state index in [1.165, 1.54) is 0 Å². The Hall–Kier alpha value is -0.190. The number of thiophene rings is 1. The Morgan fingerprint density at radius 2 is 2.00 bits per heavy atom. The molecule has 1 unspecified atom stereocenters. The van der Waals surface area contributed by atoms with E-state index in [9.17, 15) is 4.79 Å². The minimum Gasteiger partial charge on any atom is -0.297 e. The monoisotopic (exact) mass is 331 g/mol. The van der Waals surface area contributed by atoms with Crippen LogP contribution in [0.2, 0.25) is 0 Å². The summed E-state index contributed by atoms with van der Waals surface area (Å²) >= 11 is 5.14. The molecule has 1 atom stereocenters. The van der Waals surface area contributed by atoms with Gasteiger partial charge in [0.2, 0.25) is 0 Å². The minimum atomic E-state index is -0.340. The number of rotatable bonds is 7. The molecule has 0 aromatic carbocycles. The summed E-state index contributed by atoms with van der Waals surface area (Å²) in [5.74, 6) is 0.317. The molecular formula is C14H22BrNOS. The summed E-state index contributed by atoms with van der Waals surface area (Å²) < 4.78 is 1.05. The molecular weight excluding hydrogens is 310 g/mol. The molecule has 102 valence electrons. The Morgan fingerprint density at radius 3 is 2.39 bits per heavy atom. The maximum atomic E-state index is 12.6. The molecule has 1 heterocycles. The second-order valence-corrected chi connectivity index (χ2v) is 6.45. The van der Waals surface area contributed by atoms with Crippen LogP contribution in [0.3, 0.4) is 0 Å². The SMILES string of the molecule is CCN(CC)C(C)(CC)C(=O)Cc1sccc1Br. The minimum absolute atomic E-state index is 0.317. The first kappa shape index (κ1) is 15.9. The first-order valence-electron chi connectivity index (χ1n) is 6.49. The molecule has 0 N–H and O–H groups in total. The summed E-state index contributed by atoms with van der Waals surface area (Å²) in [4.78, 5) is 16.0. The van der Waals surface area contributed by atoms with Gasteiger partial charge in [0.1, 0.15) is 0 Å². The summed E-state index contributed by atoms with van der Waals surface area (Å²) in [6.07, 6.45) is 1.38. The van der Waals surface area contributed by atoms with Crippen molar-refractivity contribution in [2.45, 2.75) is 46.1 Å². The Kier molecular flexibility index (Phi) is 6.02. The zero-order valence-corrected chi connectivity index (χ0v) is 14.0. The number of hydrogen-bond donors (Lipinski definition) is 0. The van der Waals surface area contributed by atoms with E-state index in [2.05, 4.69) is 48.5 Å². The van der Waals surface area contributed by atoms with Gasteiger partial charge in [-0.3, -0.25) is 9.69 Å². The quantitative estimate of drug-likeness (QED) is 0.748. The summed E-state index contributed by atoms with van der Waals surface area (Å²) in [5.41, 5.74) is -0.340. The van der Waals surface area contributed by atoms with Crippen molar-refractivity contribution in [3.8, 4) is 0 Å². The molecule has 0 aliphatic heterocycles. The predicted octanol–water partition coefficient (Wildman–Crippen LogP) is 4.13. The lowest BCUT2D eigenvalue weighted by atomic mass is 9.88. The van der Waals surface area contributed by atoms with Crippen LogP contribution in [-0.2, 0) is 11.2 Å². The first-order valence-corrected chi connectivity index (χ1v) is 8.17. The van der Waals surface area contributed by atoms with Gasteiger partial charge in [-0.1, -0.05) is 20.8 Å². The van der Waals surface area contributed by atoms with Gasteiger partial charge in [-0.05, 0) is 53.8 Å². The summed E-state index contributed by atoms with van der Waals surface area (Å²) in [6, 6.07) is 2.01. The fourth-order valence-electron chi connectivity index (χ4n) is 2.31. The molecule has 18 heavy (non-hydrogen) atoms. The Balaban J connectivity index is 2.88. The maximum absolute atomic E-state index is 12.6. The van der Waals surface area contributed by atoms with E-state index in [1.807, 2.05) is 11.4 Å². The standard InChI is InChI=1S/C14H22BrNOS/c1-5-14(4,16(6-2)7-3)13(17)10-12-11(15)8-9-18-12/h8-9H,5-7,10H2,1-4H3. The summed E-state index contributed by atoms with van der Waals surface area (Å²) in [7, 11) is 0. The molecule has 1 aromatic rings. The Morgan fingerprint density at radius 1 is 1.39 bits per heavy atom. The number of carbonyl (C=O) groups is 1. The number of likely N-dealkylation sites (N-methyl/N-ethyl adjacent to an activating group) is 1. The van der Waals surface area contributed by atoms with E-state index in [0.29, 0.717) is 12.2 Å². The average molecular weight is 332 g/mol. The van der Waals surface area contributed by atoms with Crippen molar-refractivity contribution < 1.29 is 4.79 Å². The third-order valence-corrected chi connectivity index (χ3v) is 5.69. The third-order valence-electron chi connectivity index (χ3n) is 3.76. The van der Waals surface area contributed by atoms with Crippen LogP contribution in [0.5, 0.6) is 0 Å². The van der Waals surface area contributed by atoms with Crippen LogP contribution in [0, 0.1) is 0 Å². The number of hydrogen-bond acceptors (Lipinski definition) is 3. The van der Waals surface area contributed by atoms with Crippen LogP contribution in [0.4, 0.5) is 0 Å². The van der Waals surface area contributed by atoms with Crippen molar-refractivity contribution in [2.24, 2.45) is 0 Å². The predicted molar refractivity (Wildman–Crippen MR) is 82.3 cm³/mol. The average Bonchev–Trinajstić information content (AvgIpc) is 2.76. The molecule has 0 amide bonds. The van der Waals surface area contributed by atoms with Gasteiger partial charge in [-0.15, -0.1) is 11.3 Å². The number of ketones is 1. The number of halogens is 1. The first-order chi connectivity index (χ1) is 8.49. The van der Waals surface area contributed by atoms with Crippen LogP contribution in [0.25, 0.3) is 0 Å². The number of nitrogens with zero attached hydrogens (tertiary/aromatic N) is 1. The molecule has 0 fully saturated rings. The highest BCUT2D eigenvalue weighted by Gasteiger charge is 2.35. The number of carbonyl (C=O) groups excluding carboxylic acids is 1. The maximum Gasteiger partial charge on any atom is 0.158 e. The molecule has 0 saturated heterocycles. The third kappa shape index (κ3) is 3.22. The number of Topliss-reactive ketones (excluding diaryl/α,β-unsaturated/α-hetero) is 1. The van der Waals surface area contributed by atoms with E-state index in [1.54, 1.807) is 11.3 Å². The Bertz CT molecular complexity index is 400. The molecule has 0 radical (unpaired) electrons. The molecule has 1 rings (SSSR count). The van der Waals surface area contributed by atoms with Gasteiger partial charge in [0.15, 0.2) is 5.78 Å². The second-order valence-electron chi connectivity index (χ2n) is 4.59. The van der Waals surface area contributed by atoms with E-state index in [4.69, 9.17) is 0 Å². The smallest absolute Gasteiger partial charge is 0.158 e. The lowest BCUT2D eigenvalue weighted by molar-refractivity contribution is -0.129. The van der Waals surface area contributed by atoms with Gasteiger partial charge >= 0.3 is 0 Å². The Labute approximate surface area is 123 Å². The van der Waals surface area contributed by atoms with Gasteiger partial charge in [0.25, 0.3) is 0 Å². The summed E-state index contributed by atoms with van der Waals surface area (Å²) in [5, 5.41) is 2.02. The topological polar surface area (TPSA) is 20.3 Å². The molecule has 1 aromatic heterocycles. The van der Waals surface area contributed by atoms with Crippen LogP contribution in [0.15, 0.2) is 15.9 Å². The lowest BCUT2D eigenvalue weighted by Gasteiger charge is -2.38. The summed E-state index contributed by atoms with van der Waals surface area (Å²) in [6.45, 7) is 10.2. The zero-order chi connectivity index (χ0) is 13.8. The van der Waals surface area contributed by atoms with Crippen molar-refractivity contribution in [2.75, 3.05) is 13.1 Å². The van der Waals surface area contributed by atoms with E-state index in [0.717, 1.165) is 28.9 Å². The van der Waals surface area contributed by atoms with Crippen LogP contribution >= 0.6 is 27.3 Å². The highest BCUT2D eigenvalue weighted by molar-refractivity contribution is 9.10. The van der Waals surface area contributed by atoms with Crippen molar-refractivity contribution in [3.05, 3.63) is 20.8 Å². The zero-order valence-electron chi connectivity index (χ0n) is 11.6. The van der Waals surface area contributed by atoms with Gasteiger partial charge in [-0.2, -0.15) is 0 Å². The van der Waals surface area contributed by atoms with Gasteiger partial charge < -0.3 is 0 Å². The van der Waals surface area contributed by atoms with Crippen LogP contribution < -0.4 is 0 Å². The van der Waals surface area contributed by atoms with E-state index in [-0.39, 0.29) is 5.54 Å². The van der Waals surface area contributed by atoms with Crippen molar-refractivity contribution in [1.82, 2.24) is 4.90 Å². The fourth-order valence-corrected chi connectivity index (χ4v) is 3.80. The molecule has 2 nitrogen and oxygen atoms in total. The molecule has 0 saturated carbocycles. The van der Waals surface area contributed by atoms with Gasteiger partial charge in [0.05, 0.1) is 5.54 Å². The largest absolute Gasteiger partial charge is 0.297 e.